The van der Waals surface area contributed by atoms with Crippen molar-refractivity contribution in [2.75, 3.05) is 0 Å². The molecule has 0 saturated carbocycles. The zero-order chi connectivity index (χ0) is 0. The third kappa shape index (κ3) is 22.9. The fraction of sp³-hybridized carbons (Fsp3) is 0. The van der Waals surface area contributed by atoms with Crippen LogP contribution < -0.4 is 0 Å². The summed E-state index contributed by atoms with van der Waals surface area (Å²) >= 11 is 0. The molecule has 0 fully saturated rings. The van der Waals surface area contributed by atoms with E-state index in [1.165, 1.54) is 0 Å². The Hall–Kier alpha value is 5.14. The minimum absolute atomic E-state index is 0. The molecule has 0 bridgehead atoms. The molecule has 0 aromatic rings. The Morgan fingerprint density at radius 1 is 1.00 bits per heavy atom. The van der Waals surface area contributed by atoms with Gasteiger partial charge in [0.05, 0.1) is 0 Å². The molecule has 0 heterocycles. The van der Waals surface area contributed by atoms with Crippen LogP contribution in [0.1, 0.15) is 0 Å². The van der Waals surface area contributed by atoms with E-state index in [2.05, 4.69) is 0 Å². The van der Waals surface area contributed by atoms with Crippen LogP contribution in [0.3, 0.4) is 0 Å². The molecule has 0 saturated heterocycles. The number of hydrogen-bond acceptors (Lipinski definition) is 0. The van der Waals surface area contributed by atoms with Gasteiger partial charge in [-0.1, -0.05) is 0 Å². The van der Waals surface area contributed by atoms with Crippen LogP contribution >= 0.6 is 0 Å². The van der Waals surface area contributed by atoms with Gasteiger partial charge in [-0.15, -0.1) is 0 Å². The fourth-order valence-corrected chi connectivity index (χ4v) is 0. The van der Waals surface area contributed by atoms with Crippen LogP contribution in [0.4, 0.5) is 0 Å². The third-order valence-corrected chi connectivity index (χ3v) is 0. The molecule has 0 aliphatic heterocycles. The molecule has 0 aliphatic rings. The molecule has 0 aliphatic carbocycles. The topological polar surface area (TPSA) is 0 Å². The van der Waals surface area contributed by atoms with E-state index in [0.717, 1.165) is 0 Å². The summed E-state index contributed by atoms with van der Waals surface area (Å²) in [5.41, 5.74) is 0. The van der Waals surface area contributed by atoms with Gasteiger partial charge in [-0.05, 0) is 0 Å². The normalized spacial score (nSPS) is 0. The van der Waals surface area contributed by atoms with Gasteiger partial charge < -0.3 is 0 Å². The van der Waals surface area contributed by atoms with Gasteiger partial charge in [-0.3, -0.25) is 0 Å². The SMILES string of the molecule is [Ag].[AlH3].[BiH3].[CaH2].[PbH2].[SnH2]. The van der Waals surface area contributed by atoms with Gasteiger partial charge >= 0.3 is 115 Å². The van der Waals surface area contributed by atoms with Crippen LogP contribution in [-0.4, -0.2) is 133 Å². The molecule has 5 radical (unpaired) electrons. The van der Waals surface area contributed by atoms with E-state index >= 15 is 0 Å². The van der Waals surface area contributed by atoms with E-state index in [1.54, 1.807) is 0 Å². The Morgan fingerprint density at radius 2 is 1.00 bits per heavy atom. The Bertz CT molecular complexity index is 15.5. The summed E-state index contributed by atoms with van der Waals surface area (Å²) in [4.78, 5) is 0. The van der Waals surface area contributed by atoms with Crippen molar-refractivity contribution in [3.8, 4) is 0 Å². The summed E-state index contributed by atoms with van der Waals surface area (Å²) in [6, 6.07) is 0. The third-order valence-electron chi connectivity index (χ3n) is 0. The van der Waals surface area contributed by atoms with Crippen molar-refractivity contribution >= 4 is 133 Å². The zero-order valence-electron chi connectivity index (χ0n) is 2.42. The molecular formula is H12AgAlBiCaPbSn. The van der Waals surface area contributed by atoms with Crippen molar-refractivity contribution in [3.05, 3.63) is 0 Å². The molecule has 0 rings (SSSR count). The van der Waals surface area contributed by atoms with E-state index in [9.17, 15) is 0 Å². The molecule has 0 aromatic heterocycles. The Balaban J connectivity index is 0. The van der Waals surface area contributed by atoms with Crippen molar-refractivity contribution in [1.29, 1.82) is 0 Å². The van der Waals surface area contributed by atoms with Gasteiger partial charge in [0.2, 0.25) is 0 Å². The summed E-state index contributed by atoms with van der Waals surface area (Å²) in [6.07, 6.45) is 0. The second-order valence-corrected chi connectivity index (χ2v) is 0. The Kier molecular flexibility index (Phi) is 232. The van der Waals surface area contributed by atoms with E-state index in [0.29, 0.717) is 0 Å². The number of hydrogen-bond donors (Lipinski definition) is 0. The van der Waals surface area contributed by atoms with Crippen LogP contribution in [0.25, 0.3) is 0 Å². The Labute approximate surface area is 151 Å². The molecule has 0 spiro atoms. The molecule has 6 heavy (non-hydrogen) atoms. The first-order valence-electron chi connectivity index (χ1n) is 0. The van der Waals surface area contributed by atoms with Gasteiger partial charge in [-0.2, -0.15) is 0 Å². The van der Waals surface area contributed by atoms with Gasteiger partial charge in [0, 0.05) is 22.4 Å². The first-order valence-corrected chi connectivity index (χ1v) is 0. The quantitative estimate of drug-likeness (QED) is 0.220. The maximum atomic E-state index is 0. The molecule has 0 atom stereocenters. The average molecular weight is 722 g/mol. The molecule has 41 valence electrons. The molecule has 6 heteroatoms. The van der Waals surface area contributed by atoms with E-state index in [4.69, 9.17) is 0 Å². The van der Waals surface area contributed by atoms with E-state index in [-0.39, 0.29) is 155 Å². The van der Waals surface area contributed by atoms with Gasteiger partial charge in [0.25, 0.3) is 0 Å². The second kappa shape index (κ2) is 32.1. The summed E-state index contributed by atoms with van der Waals surface area (Å²) in [5.74, 6) is 0. The van der Waals surface area contributed by atoms with Crippen molar-refractivity contribution < 1.29 is 22.4 Å². The van der Waals surface area contributed by atoms with Crippen LogP contribution in [0.5, 0.6) is 0 Å². The van der Waals surface area contributed by atoms with Gasteiger partial charge in [0.1, 0.15) is 0 Å². The molecule has 0 unspecified atom stereocenters. The van der Waals surface area contributed by atoms with Crippen LogP contribution in [0, 0.1) is 0 Å². The average Bonchev–Trinajstić information content (AvgIpc) is 0. The Morgan fingerprint density at radius 3 is 1.00 bits per heavy atom. The van der Waals surface area contributed by atoms with Gasteiger partial charge in [0.15, 0.2) is 17.4 Å². The summed E-state index contributed by atoms with van der Waals surface area (Å²) in [6.45, 7) is 0. The first-order chi connectivity index (χ1) is 0. The van der Waals surface area contributed by atoms with Crippen molar-refractivity contribution in [3.63, 3.8) is 0 Å². The number of rotatable bonds is 0. The van der Waals surface area contributed by atoms with Crippen LogP contribution in [0.2, 0.25) is 0 Å². The minimum atomic E-state index is 0. The van der Waals surface area contributed by atoms with Gasteiger partial charge in [-0.25, -0.2) is 0 Å². The zero-order valence-corrected chi connectivity index (χ0v) is 18.9. The molecular weight excluding hydrogens is 710 g/mol. The standard InChI is InChI=1S/Ag.Al.Bi.Ca.Pb.Sn.12H. The molecule has 0 N–H and O–H groups in total. The predicted octanol–water partition coefficient (Wildman–Crippen LogP) is -5.12. The van der Waals surface area contributed by atoms with Crippen LogP contribution in [-0.2, 0) is 22.4 Å². The molecule has 0 aromatic carbocycles. The first kappa shape index (κ1) is 43.4. The van der Waals surface area contributed by atoms with Crippen LogP contribution in [0.15, 0.2) is 0 Å². The molecule has 0 amide bonds. The van der Waals surface area contributed by atoms with Crippen molar-refractivity contribution in [2.45, 2.75) is 0 Å². The van der Waals surface area contributed by atoms with E-state index < -0.39 is 0 Å². The summed E-state index contributed by atoms with van der Waals surface area (Å²) < 4.78 is 0. The van der Waals surface area contributed by atoms with Crippen molar-refractivity contribution in [2.24, 2.45) is 0 Å². The van der Waals surface area contributed by atoms with Crippen molar-refractivity contribution in [1.82, 2.24) is 0 Å². The maximum absolute atomic E-state index is 0. The summed E-state index contributed by atoms with van der Waals surface area (Å²) in [7, 11) is 0. The predicted molar refractivity (Wildman–Crippen MR) is 45.5 cm³/mol. The second-order valence-electron chi connectivity index (χ2n) is 0. The fourth-order valence-electron chi connectivity index (χ4n) is 0. The monoisotopic (exact) mass is 723 g/mol. The van der Waals surface area contributed by atoms with E-state index in [1.807, 2.05) is 0 Å². The summed E-state index contributed by atoms with van der Waals surface area (Å²) in [5, 5.41) is 0. The molecule has 0 nitrogen and oxygen atoms in total.